The number of aromatic hydroxyl groups is 1. The number of hydrogen-bond acceptors (Lipinski definition) is 4. The summed E-state index contributed by atoms with van der Waals surface area (Å²) in [6.07, 6.45) is 1.34. The number of aryl methyl sites for hydroxylation is 1. The average Bonchev–Trinajstić information content (AvgIpc) is 2.50. The van der Waals surface area contributed by atoms with Crippen molar-refractivity contribution < 1.29 is 19.8 Å². The van der Waals surface area contributed by atoms with E-state index in [0.29, 0.717) is 16.1 Å². The van der Waals surface area contributed by atoms with Crippen LogP contribution in [0.25, 0.3) is 11.1 Å². The SMILES string of the molecule is [B]c1c(-c2cc(Cl)ccc2C)cnc(C(=O)NCC(=O)O)c1O. The van der Waals surface area contributed by atoms with Crippen molar-refractivity contribution in [1.82, 2.24) is 10.3 Å². The fourth-order valence-electron chi connectivity index (χ4n) is 2.02. The maximum atomic E-state index is 11.8. The molecule has 0 aliphatic heterocycles. The van der Waals surface area contributed by atoms with E-state index in [1.54, 1.807) is 18.2 Å². The van der Waals surface area contributed by atoms with E-state index in [1.165, 1.54) is 6.20 Å². The molecule has 2 rings (SSSR count). The number of halogens is 1. The summed E-state index contributed by atoms with van der Waals surface area (Å²) < 4.78 is 0. The Hall–Kier alpha value is -2.54. The molecule has 0 saturated heterocycles. The van der Waals surface area contributed by atoms with Gasteiger partial charge in [-0.05, 0) is 41.2 Å². The first-order chi connectivity index (χ1) is 10.8. The highest BCUT2D eigenvalue weighted by Crippen LogP contribution is 2.27. The molecule has 0 aliphatic rings. The molecule has 1 aromatic heterocycles. The molecule has 0 fully saturated rings. The summed E-state index contributed by atoms with van der Waals surface area (Å²) in [7, 11) is 5.90. The van der Waals surface area contributed by atoms with Crippen molar-refractivity contribution in [2.45, 2.75) is 6.92 Å². The van der Waals surface area contributed by atoms with Crippen molar-refractivity contribution in [2.75, 3.05) is 6.54 Å². The maximum absolute atomic E-state index is 11.8. The molecule has 0 saturated carbocycles. The Morgan fingerprint density at radius 2 is 2.04 bits per heavy atom. The van der Waals surface area contributed by atoms with Crippen LogP contribution in [0.2, 0.25) is 5.02 Å². The molecule has 1 amide bonds. The molecule has 0 atom stereocenters. The topological polar surface area (TPSA) is 99.5 Å². The molecule has 8 heteroatoms. The van der Waals surface area contributed by atoms with Gasteiger partial charge in [0, 0.05) is 11.2 Å². The van der Waals surface area contributed by atoms with Gasteiger partial charge in [0.15, 0.2) is 5.69 Å². The molecule has 0 aliphatic carbocycles. The zero-order valence-corrected chi connectivity index (χ0v) is 12.9. The maximum Gasteiger partial charge on any atom is 0.322 e. The monoisotopic (exact) mass is 330 g/mol. The zero-order valence-electron chi connectivity index (χ0n) is 12.1. The molecule has 1 aromatic carbocycles. The molecule has 2 radical (unpaired) electrons. The second-order valence-electron chi connectivity index (χ2n) is 4.82. The lowest BCUT2D eigenvalue weighted by Gasteiger charge is -2.13. The summed E-state index contributed by atoms with van der Waals surface area (Å²) in [6.45, 7) is 1.25. The van der Waals surface area contributed by atoms with E-state index < -0.39 is 24.2 Å². The number of aromatic nitrogens is 1. The molecule has 0 spiro atoms. The Kier molecular flexibility index (Phi) is 4.90. The van der Waals surface area contributed by atoms with E-state index in [4.69, 9.17) is 24.6 Å². The standard InChI is InChI=1S/C15H12BClN2O4/c1-7-2-3-8(17)4-9(7)10-5-18-13(14(22)12(10)16)15(23)19-6-11(20)21/h2-5,22H,6H2,1H3,(H,19,23)(H,20,21). The normalized spacial score (nSPS) is 10.3. The first-order valence-corrected chi connectivity index (χ1v) is 6.93. The number of nitrogens with one attached hydrogen (secondary N) is 1. The number of rotatable bonds is 4. The lowest BCUT2D eigenvalue weighted by molar-refractivity contribution is -0.135. The summed E-state index contributed by atoms with van der Waals surface area (Å²) in [5.74, 6) is -2.55. The van der Waals surface area contributed by atoms with E-state index in [9.17, 15) is 14.7 Å². The quantitative estimate of drug-likeness (QED) is 0.727. The number of amides is 1. The van der Waals surface area contributed by atoms with Crippen molar-refractivity contribution in [1.29, 1.82) is 0 Å². The predicted molar refractivity (Wildman–Crippen MR) is 86.4 cm³/mol. The van der Waals surface area contributed by atoms with Crippen molar-refractivity contribution in [3.05, 3.63) is 40.7 Å². The smallest absolute Gasteiger partial charge is 0.322 e. The van der Waals surface area contributed by atoms with Gasteiger partial charge in [-0.25, -0.2) is 4.98 Å². The largest absolute Gasteiger partial charge is 0.506 e. The third-order valence-electron chi connectivity index (χ3n) is 3.20. The number of carboxylic acid groups (broad SMARTS) is 1. The molecule has 116 valence electrons. The predicted octanol–water partition coefficient (Wildman–Crippen LogP) is 1.02. The average molecular weight is 331 g/mol. The molecule has 2 aromatic rings. The van der Waals surface area contributed by atoms with Crippen LogP contribution in [0, 0.1) is 6.92 Å². The Morgan fingerprint density at radius 3 is 2.70 bits per heavy atom. The van der Waals surface area contributed by atoms with Crippen molar-refractivity contribution in [2.24, 2.45) is 0 Å². The molecule has 23 heavy (non-hydrogen) atoms. The zero-order chi connectivity index (χ0) is 17.1. The van der Waals surface area contributed by atoms with Crippen LogP contribution >= 0.6 is 11.6 Å². The van der Waals surface area contributed by atoms with Gasteiger partial charge < -0.3 is 15.5 Å². The fourth-order valence-corrected chi connectivity index (χ4v) is 2.19. The van der Waals surface area contributed by atoms with Gasteiger partial charge in [0.25, 0.3) is 5.91 Å². The van der Waals surface area contributed by atoms with Crippen LogP contribution in [-0.4, -0.2) is 41.5 Å². The minimum Gasteiger partial charge on any atom is -0.506 e. The molecule has 1 heterocycles. The lowest BCUT2D eigenvalue weighted by atomic mass is 9.85. The molecular weight excluding hydrogens is 318 g/mol. The second-order valence-corrected chi connectivity index (χ2v) is 5.25. The third-order valence-corrected chi connectivity index (χ3v) is 3.43. The number of carbonyl (C=O) groups is 2. The molecule has 0 bridgehead atoms. The van der Waals surface area contributed by atoms with Gasteiger partial charge in [-0.1, -0.05) is 17.7 Å². The first-order valence-electron chi connectivity index (χ1n) is 6.55. The molecular formula is C15H12BClN2O4. The van der Waals surface area contributed by atoms with Crippen LogP contribution < -0.4 is 10.8 Å². The highest BCUT2D eigenvalue weighted by molar-refractivity contribution is 6.38. The van der Waals surface area contributed by atoms with Gasteiger partial charge in [-0.3, -0.25) is 9.59 Å². The number of hydrogen-bond donors (Lipinski definition) is 3. The minimum absolute atomic E-state index is 0.0363. The van der Waals surface area contributed by atoms with Crippen LogP contribution in [0.3, 0.4) is 0 Å². The number of nitrogens with zero attached hydrogens (tertiary/aromatic N) is 1. The number of carbonyl (C=O) groups excluding carboxylic acids is 1. The first kappa shape index (κ1) is 16.8. The second kappa shape index (κ2) is 6.70. The van der Waals surface area contributed by atoms with Crippen molar-refractivity contribution in [3.63, 3.8) is 0 Å². The number of carboxylic acids is 1. The third kappa shape index (κ3) is 3.63. The number of aliphatic carboxylic acids is 1. The van der Waals surface area contributed by atoms with Crippen LogP contribution in [0.5, 0.6) is 5.75 Å². The van der Waals surface area contributed by atoms with Gasteiger partial charge in [-0.15, -0.1) is 0 Å². The van der Waals surface area contributed by atoms with Crippen LogP contribution in [0.1, 0.15) is 16.1 Å². The summed E-state index contributed by atoms with van der Waals surface area (Å²) in [4.78, 5) is 26.2. The van der Waals surface area contributed by atoms with Crippen molar-refractivity contribution >= 4 is 36.8 Å². The van der Waals surface area contributed by atoms with E-state index in [-0.39, 0.29) is 11.2 Å². The number of benzene rings is 1. The van der Waals surface area contributed by atoms with Crippen LogP contribution in [0.4, 0.5) is 0 Å². The minimum atomic E-state index is -1.21. The Bertz CT molecular complexity index is 795. The summed E-state index contributed by atoms with van der Waals surface area (Å²) in [6, 6.07) is 5.19. The van der Waals surface area contributed by atoms with Crippen LogP contribution in [0.15, 0.2) is 24.4 Å². The molecule has 6 nitrogen and oxygen atoms in total. The summed E-state index contributed by atoms with van der Waals surface area (Å²) >= 11 is 5.97. The Labute approximate surface area is 138 Å². The van der Waals surface area contributed by atoms with E-state index in [2.05, 4.69) is 10.3 Å². The lowest BCUT2D eigenvalue weighted by Crippen LogP contribution is -2.31. The molecule has 0 unspecified atom stereocenters. The Morgan fingerprint density at radius 1 is 1.35 bits per heavy atom. The highest BCUT2D eigenvalue weighted by Gasteiger charge is 2.18. The van der Waals surface area contributed by atoms with Gasteiger partial charge >= 0.3 is 5.97 Å². The fraction of sp³-hybridized carbons (Fsp3) is 0.133. The van der Waals surface area contributed by atoms with E-state index in [1.807, 2.05) is 6.92 Å². The number of pyridine rings is 1. The summed E-state index contributed by atoms with van der Waals surface area (Å²) in [5.41, 5.74) is 1.59. The van der Waals surface area contributed by atoms with Crippen molar-refractivity contribution in [3.8, 4) is 16.9 Å². The van der Waals surface area contributed by atoms with Gasteiger partial charge in [0.2, 0.25) is 0 Å². The van der Waals surface area contributed by atoms with Crippen LogP contribution in [-0.2, 0) is 4.79 Å². The van der Waals surface area contributed by atoms with E-state index >= 15 is 0 Å². The molecule has 3 N–H and O–H groups in total. The summed E-state index contributed by atoms with van der Waals surface area (Å²) in [5, 5.41) is 21.3. The van der Waals surface area contributed by atoms with Gasteiger partial charge in [0.05, 0.1) is 0 Å². The highest BCUT2D eigenvalue weighted by atomic mass is 35.5. The van der Waals surface area contributed by atoms with E-state index in [0.717, 1.165) is 5.56 Å². The van der Waals surface area contributed by atoms with Gasteiger partial charge in [0.1, 0.15) is 20.1 Å². The van der Waals surface area contributed by atoms with Gasteiger partial charge in [-0.2, -0.15) is 0 Å². The Balaban J connectivity index is 2.43.